The number of aromatic nitrogens is 1. The minimum absolute atomic E-state index is 0.0228. The van der Waals surface area contributed by atoms with Crippen LogP contribution in [0.1, 0.15) is 11.1 Å². The first kappa shape index (κ1) is 26.2. The third-order valence-electron chi connectivity index (χ3n) is 5.72. The zero-order valence-corrected chi connectivity index (χ0v) is 20.1. The van der Waals surface area contributed by atoms with Gasteiger partial charge in [0, 0.05) is 30.5 Å². The van der Waals surface area contributed by atoms with E-state index in [1.54, 1.807) is 18.2 Å². The molecule has 0 radical (unpaired) electrons. The Bertz CT molecular complexity index is 1250. The number of aliphatic hydroxyl groups excluding tert-OH is 1. The number of aliphatic hydroxyl groups is 1. The van der Waals surface area contributed by atoms with Gasteiger partial charge in [-0.2, -0.15) is 18.2 Å². The second kappa shape index (κ2) is 11.5. The number of carbonyl (C=O) groups is 1. The number of urea groups is 1. The van der Waals surface area contributed by atoms with Crippen LogP contribution in [0.15, 0.2) is 54.6 Å². The standard InChI is InChI=1S/C26H27F3N4O4/c1-17-5-6-21(31-25(35)30-20-4-2-3-19(15-20)26(27,28)29)16-22(17)18-13-23(33-7-10-36-11-8-33)32-24(14-18)37-12-9-34/h2-6,13-16,34H,7-12H2,1H3,(H2,30,31,35). The van der Waals surface area contributed by atoms with Gasteiger partial charge in [-0.3, -0.25) is 0 Å². The lowest BCUT2D eigenvalue weighted by Crippen LogP contribution is -2.36. The number of alkyl halides is 3. The van der Waals surface area contributed by atoms with Crippen LogP contribution in [-0.4, -0.2) is 55.6 Å². The monoisotopic (exact) mass is 516 g/mol. The molecular weight excluding hydrogens is 489 g/mol. The number of rotatable bonds is 7. The van der Waals surface area contributed by atoms with Crippen LogP contribution in [0.25, 0.3) is 11.1 Å². The largest absolute Gasteiger partial charge is 0.475 e. The fourth-order valence-corrected chi connectivity index (χ4v) is 3.90. The number of hydrogen-bond acceptors (Lipinski definition) is 6. The number of benzene rings is 2. The summed E-state index contributed by atoms with van der Waals surface area (Å²) in [7, 11) is 0. The van der Waals surface area contributed by atoms with Crippen molar-refractivity contribution < 1.29 is 32.5 Å². The van der Waals surface area contributed by atoms with Crippen molar-refractivity contribution in [2.75, 3.05) is 55.1 Å². The number of nitrogens with zero attached hydrogens (tertiary/aromatic N) is 2. The highest BCUT2D eigenvalue weighted by atomic mass is 19.4. The number of amides is 2. The van der Waals surface area contributed by atoms with Gasteiger partial charge in [0.1, 0.15) is 12.4 Å². The predicted molar refractivity (Wildman–Crippen MR) is 134 cm³/mol. The van der Waals surface area contributed by atoms with Crippen molar-refractivity contribution in [3.63, 3.8) is 0 Å². The molecule has 3 aromatic rings. The highest BCUT2D eigenvalue weighted by Gasteiger charge is 2.30. The summed E-state index contributed by atoms with van der Waals surface area (Å²) in [5.41, 5.74) is 2.15. The first-order chi connectivity index (χ1) is 17.7. The molecule has 1 aromatic heterocycles. The zero-order chi connectivity index (χ0) is 26.4. The summed E-state index contributed by atoms with van der Waals surface area (Å²) in [4.78, 5) is 19.2. The topological polar surface area (TPSA) is 96.0 Å². The van der Waals surface area contributed by atoms with Gasteiger partial charge in [-0.15, -0.1) is 0 Å². The van der Waals surface area contributed by atoms with Crippen molar-refractivity contribution in [2.45, 2.75) is 13.1 Å². The maximum absolute atomic E-state index is 13.0. The number of nitrogens with one attached hydrogen (secondary N) is 2. The summed E-state index contributed by atoms with van der Waals surface area (Å²) in [5.74, 6) is 1.06. The Hall–Kier alpha value is -3.83. The van der Waals surface area contributed by atoms with Gasteiger partial charge in [0.15, 0.2) is 0 Å². The van der Waals surface area contributed by atoms with E-state index in [9.17, 15) is 23.1 Å². The summed E-state index contributed by atoms with van der Waals surface area (Å²) < 4.78 is 50.0. The first-order valence-electron chi connectivity index (χ1n) is 11.7. The van der Waals surface area contributed by atoms with E-state index in [4.69, 9.17) is 9.47 Å². The lowest BCUT2D eigenvalue weighted by atomic mass is 10.0. The molecule has 1 fully saturated rings. The molecule has 0 aliphatic carbocycles. The molecule has 3 N–H and O–H groups in total. The van der Waals surface area contributed by atoms with Crippen LogP contribution < -0.4 is 20.3 Å². The smallest absolute Gasteiger partial charge is 0.416 e. The first-order valence-corrected chi connectivity index (χ1v) is 11.7. The van der Waals surface area contributed by atoms with Gasteiger partial charge < -0.3 is 30.1 Å². The number of morpholine rings is 1. The number of aryl methyl sites for hydroxylation is 1. The van der Waals surface area contributed by atoms with E-state index in [0.717, 1.165) is 28.8 Å². The van der Waals surface area contributed by atoms with E-state index in [1.807, 2.05) is 19.1 Å². The van der Waals surface area contributed by atoms with Gasteiger partial charge in [0.25, 0.3) is 0 Å². The maximum Gasteiger partial charge on any atom is 0.416 e. The third kappa shape index (κ3) is 6.89. The van der Waals surface area contributed by atoms with Gasteiger partial charge in [-0.05, 0) is 60.0 Å². The maximum atomic E-state index is 13.0. The van der Waals surface area contributed by atoms with E-state index in [0.29, 0.717) is 43.7 Å². The molecule has 1 aliphatic heterocycles. The summed E-state index contributed by atoms with van der Waals surface area (Å²) >= 11 is 0. The van der Waals surface area contributed by atoms with Crippen LogP contribution >= 0.6 is 0 Å². The average Bonchev–Trinajstić information content (AvgIpc) is 2.88. The number of pyridine rings is 1. The molecule has 196 valence electrons. The van der Waals surface area contributed by atoms with Gasteiger partial charge >= 0.3 is 12.2 Å². The molecule has 37 heavy (non-hydrogen) atoms. The van der Waals surface area contributed by atoms with Crippen molar-refractivity contribution in [3.05, 3.63) is 65.7 Å². The molecule has 0 unspecified atom stereocenters. The van der Waals surface area contributed by atoms with Crippen molar-refractivity contribution in [3.8, 4) is 17.0 Å². The number of halogens is 3. The van der Waals surface area contributed by atoms with E-state index in [2.05, 4.69) is 20.5 Å². The normalized spacial score (nSPS) is 13.8. The predicted octanol–water partition coefficient (Wildman–Crippen LogP) is 4.93. The van der Waals surface area contributed by atoms with Crippen molar-refractivity contribution in [1.29, 1.82) is 0 Å². The van der Waals surface area contributed by atoms with E-state index in [-0.39, 0.29) is 18.9 Å². The Morgan fingerprint density at radius 2 is 1.81 bits per heavy atom. The molecule has 0 bridgehead atoms. The van der Waals surface area contributed by atoms with E-state index < -0.39 is 17.8 Å². The molecule has 0 saturated carbocycles. The molecule has 2 heterocycles. The van der Waals surface area contributed by atoms with Crippen molar-refractivity contribution in [2.24, 2.45) is 0 Å². The van der Waals surface area contributed by atoms with Crippen LogP contribution in [0.4, 0.5) is 35.2 Å². The van der Waals surface area contributed by atoms with E-state index >= 15 is 0 Å². The van der Waals surface area contributed by atoms with Gasteiger partial charge in [-0.25, -0.2) is 4.79 Å². The SMILES string of the molecule is Cc1ccc(NC(=O)Nc2cccc(C(F)(F)F)c2)cc1-c1cc(OCCO)nc(N2CCOCC2)c1. The Kier molecular flexibility index (Phi) is 8.14. The number of anilines is 3. The Labute approximate surface area is 212 Å². The lowest BCUT2D eigenvalue weighted by molar-refractivity contribution is -0.137. The molecule has 2 amide bonds. The second-order valence-corrected chi connectivity index (χ2v) is 8.41. The fourth-order valence-electron chi connectivity index (χ4n) is 3.90. The van der Waals surface area contributed by atoms with Crippen molar-refractivity contribution >= 4 is 23.2 Å². The molecule has 0 spiro atoms. The summed E-state index contributed by atoms with van der Waals surface area (Å²) in [5, 5.41) is 14.3. The zero-order valence-electron chi connectivity index (χ0n) is 20.1. The van der Waals surface area contributed by atoms with Crippen LogP contribution in [0.2, 0.25) is 0 Å². The number of hydrogen-bond donors (Lipinski definition) is 3. The number of ether oxygens (including phenoxy) is 2. The molecule has 2 aromatic carbocycles. The molecule has 11 heteroatoms. The molecule has 4 rings (SSSR count). The Morgan fingerprint density at radius 3 is 2.51 bits per heavy atom. The Balaban J connectivity index is 1.57. The highest BCUT2D eigenvalue weighted by molar-refractivity contribution is 6.00. The molecule has 1 saturated heterocycles. The van der Waals surface area contributed by atoms with Crippen LogP contribution in [-0.2, 0) is 10.9 Å². The molecule has 1 aliphatic rings. The molecular formula is C26H27F3N4O4. The highest BCUT2D eigenvalue weighted by Crippen LogP contribution is 2.33. The minimum Gasteiger partial charge on any atom is -0.475 e. The summed E-state index contributed by atoms with van der Waals surface area (Å²) in [6.45, 7) is 4.37. The Morgan fingerprint density at radius 1 is 1.08 bits per heavy atom. The molecule has 8 nitrogen and oxygen atoms in total. The lowest BCUT2D eigenvalue weighted by Gasteiger charge is -2.28. The van der Waals surface area contributed by atoms with Crippen LogP contribution in [0.5, 0.6) is 5.88 Å². The summed E-state index contributed by atoms with van der Waals surface area (Å²) in [6.07, 6.45) is -4.51. The number of carbonyl (C=O) groups excluding carboxylic acids is 1. The summed E-state index contributed by atoms with van der Waals surface area (Å²) in [6, 6.07) is 12.7. The average molecular weight is 517 g/mol. The van der Waals surface area contributed by atoms with Gasteiger partial charge in [-0.1, -0.05) is 12.1 Å². The minimum atomic E-state index is -4.51. The van der Waals surface area contributed by atoms with Gasteiger partial charge in [0.05, 0.1) is 25.4 Å². The fraction of sp³-hybridized carbons (Fsp3) is 0.308. The quantitative estimate of drug-likeness (QED) is 0.412. The van der Waals surface area contributed by atoms with Crippen LogP contribution in [0, 0.1) is 6.92 Å². The second-order valence-electron chi connectivity index (χ2n) is 8.41. The molecule has 0 atom stereocenters. The van der Waals surface area contributed by atoms with Crippen LogP contribution in [0.3, 0.4) is 0 Å². The third-order valence-corrected chi connectivity index (χ3v) is 5.72. The van der Waals surface area contributed by atoms with Gasteiger partial charge in [0.2, 0.25) is 5.88 Å². The van der Waals surface area contributed by atoms with E-state index in [1.165, 1.54) is 12.1 Å². The van der Waals surface area contributed by atoms with Crippen molar-refractivity contribution in [1.82, 2.24) is 4.98 Å².